The average molecular weight is 340 g/mol. The van der Waals surface area contributed by atoms with Gasteiger partial charge in [0.25, 0.3) is 0 Å². The lowest BCUT2D eigenvalue weighted by molar-refractivity contribution is -0.127. The van der Waals surface area contributed by atoms with Gasteiger partial charge in [-0.15, -0.1) is 0 Å². The van der Waals surface area contributed by atoms with Crippen LogP contribution in [-0.2, 0) is 9.53 Å². The maximum absolute atomic E-state index is 12.3. The zero-order chi connectivity index (χ0) is 17.4. The number of rotatable bonds is 2. The fourth-order valence-electron chi connectivity index (χ4n) is 2.75. The molecule has 1 saturated heterocycles. The van der Waals surface area contributed by atoms with Crippen molar-refractivity contribution >= 4 is 23.6 Å². The van der Waals surface area contributed by atoms with Crippen molar-refractivity contribution in [2.75, 3.05) is 7.11 Å². The van der Waals surface area contributed by atoms with Crippen LogP contribution in [0.15, 0.2) is 18.2 Å². The smallest absolute Gasteiger partial charge is 0.417 e. The number of amides is 2. The van der Waals surface area contributed by atoms with Crippen LogP contribution in [0, 0.1) is 0 Å². The molecule has 0 saturated carbocycles. The highest BCUT2D eigenvalue weighted by Crippen LogP contribution is 2.37. The van der Waals surface area contributed by atoms with Crippen LogP contribution >= 0.6 is 11.6 Å². The first-order valence-electron chi connectivity index (χ1n) is 7.52. The number of likely N-dealkylation sites (tertiary alicyclic amines) is 1. The Hall–Kier alpha value is -1.75. The first kappa shape index (κ1) is 17.6. The number of carbonyl (C=O) groups excluding carboxylic acids is 2. The molecule has 0 radical (unpaired) electrons. The van der Waals surface area contributed by atoms with Gasteiger partial charge in [-0.3, -0.25) is 4.79 Å². The molecule has 0 aliphatic carbocycles. The van der Waals surface area contributed by atoms with Gasteiger partial charge in [0, 0.05) is 18.4 Å². The van der Waals surface area contributed by atoms with Gasteiger partial charge in [0.15, 0.2) is 0 Å². The molecule has 0 bridgehead atoms. The number of halogens is 1. The van der Waals surface area contributed by atoms with E-state index in [9.17, 15) is 9.59 Å². The van der Waals surface area contributed by atoms with Crippen molar-refractivity contribution in [2.24, 2.45) is 0 Å². The van der Waals surface area contributed by atoms with E-state index in [1.54, 1.807) is 40.0 Å². The third kappa shape index (κ3) is 3.78. The number of ether oxygens (including phenoxy) is 2. The summed E-state index contributed by atoms with van der Waals surface area (Å²) in [5.74, 6) is 0.235. The normalized spacial score (nSPS) is 21.5. The third-order valence-corrected chi connectivity index (χ3v) is 4.14. The van der Waals surface area contributed by atoms with Gasteiger partial charge in [0.05, 0.1) is 12.1 Å². The lowest BCUT2D eigenvalue weighted by Gasteiger charge is -2.27. The quantitative estimate of drug-likeness (QED) is 0.817. The predicted octanol–water partition coefficient (Wildman–Crippen LogP) is 3.99. The number of benzene rings is 1. The molecule has 0 N–H and O–H groups in total. The van der Waals surface area contributed by atoms with E-state index < -0.39 is 11.7 Å². The zero-order valence-electron chi connectivity index (χ0n) is 14.1. The summed E-state index contributed by atoms with van der Waals surface area (Å²) < 4.78 is 10.5. The fraction of sp³-hybridized carbons (Fsp3) is 0.529. The first-order valence-corrected chi connectivity index (χ1v) is 7.90. The molecular weight excluding hydrogens is 318 g/mol. The van der Waals surface area contributed by atoms with E-state index in [0.717, 1.165) is 5.56 Å². The van der Waals surface area contributed by atoms with E-state index in [1.807, 2.05) is 13.0 Å². The third-order valence-electron chi connectivity index (χ3n) is 3.85. The number of methoxy groups -OCH3 is 1. The van der Waals surface area contributed by atoms with E-state index >= 15 is 0 Å². The molecule has 1 fully saturated rings. The highest BCUT2D eigenvalue weighted by molar-refractivity contribution is 6.32. The highest BCUT2D eigenvalue weighted by Gasteiger charge is 2.43. The molecule has 6 heteroatoms. The first-order chi connectivity index (χ1) is 10.6. The van der Waals surface area contributed by atoms with Crippen LogP contribution in [0.4, 0.5) is 4.79 Å². The predicted molar refractivity (Wildman–Crippen MR) is 87.9 cm³/mol. The molecule has 2 unspecified atom stereocenters. The van der Waals surface area contributed by atoms with Crippen LogP contribution in [0.2, 0.25) is 5.02 Å². The molecule has 2 rings (SSSR count). The number of hydrogen-bond acceptors (Lipinski definition) is 4. The molecule has 1 aliphatic heterocycles. The fourth-order valence-corrected chi connectivity index (χ4v) is 3.02. The van der Waals surface area contributed by atoms with Crippen molar-refractivity contribution in [2.45, 2.75) is 51.7 Å². The monoisotopic (exact) mass is 339 g/mol. The zero-order valence-corrected chi connectivity index (χ0v) is 14.8. The maximum Gasteiger partial charge on any atom is 0.417 e. The van der Waals surface area contributed by atoms with Crippen molar-refractivity contribution in [3.05, 3.63) is 28.8 Å². The van der Waals surface area contributed by atoms with Crippen LogP contribution in [0.5, 0.6) is 5.75 Å². The Bertz CT molecular complexity index is 624. The Morgan fingerprint density at radius 1 is 1.35 bits per heavy atom. The summed E-state index contributed by atoms with van der Waals surface area (Å²) in [6.45, 7) is 7.17. The van der Waals surface area contributed by atoms with Crippen LogP contribution < -0.4 is 4.74 Å². The van der Waals surface area contributed by atoms with Crippen molar-refractivity contribution < 1.29 is 19.1 Å². The van der Waals surface area contributed by atoms with Crippen molar-refractivity contribution in [1.29, 1.82) is 0 Å². The van der Waals surface area contributed by atoms with Crippen molar-refractivity contribution in [3.63, 3.8) is 0 Å². The molecule has 23 heavy (non-hydrogen) atoms. The van der Waals surface area contributed by atoms with Gasteiger partial charge in [-0.2, -0.15) is 0 Å². The van der Waals surface area contributed by atoms with Crippen LogP contribution in [0.1, 0.15) is 45.6 Å². The molecule has 126 valence electrons. The molecule has 1 heterocycles. The molecule has 5 nitrogen and oxygen atoms in total. The second-order valence-electron chi connectivity index (χ2n) is 6.69. The molecular formula is C17H22ClNO4. The number of carbonyl (C=O) groups is 2. The molecule has 1 aliphatic rings. The highest BCUT2D eigenvalue weighted by atomic mass is 35.5. The van der Waals surface area contributed by atoms with Gasteiger partial charge in [0.2, 0.25) is 5.91 Å². The summed E-state index contributed by atoms with van der Waals surface area (Å²) in [6, 6.07) is 5.14. The van der Waals surface area contributed by atoms with Gasteiger partial charge < -0.3 is 9.47 Å². The number of hydrogen-bond donors (Lipinski definition) is 0. The SMILES string of the molecule is COc1ccc(C2CC(=O)N(C(=O)OC(C)(C)C)C2C)cc1Cl. The Labute approximate surface area is 141 Å². The summed E-state index contributed by atoms with van der Waals surface area (Å²) in [7, 11) is 1.55. The Morgan fingerprint density at radius 2 is 2.00 bits per heavy atom. The van der Waals surface area contributed by atoms with Crippen LogP contribution in [-0.4, -0.2) is 35.7 Å². The number of imide groups is 1. The average Bonchev–Trinajstić information content (AvgIpc) is 2.72. The molecule has 1 aromatic carbocycles. The summed E-state index contributed by atoms with van der Waals surface area (Å²) in [4.78, 5) is 25.7. The van der Waals surface area contributed by atoms with Crippen LogP contribution in [0.25, 0.3) is 0 Å². The molecule has 0 spiro atoms. The lowest BCUT2D eigenvalue weighted by Crippen LogP contribution is -2.41. The molecule has 0 aromatic heterocycles. The van der Waals surface area contributed by atoms with Gasteiger partial charge >= 0.3 is 6.09 Å². The minimum atomic E-state index is -0.640. The topological polar surface area (TPSA) is 55.8 Å². The van der Waals surface area contributed by atoms with E-state index in [0.29, 0.717) is 10.8 Å². The van der Waals surface area contributed by atoms with Gasteiger partial charge in [-0.05, 0) is 45.4 Å². The molecule has 1 aromatic rings. The second-order valence-corrected chi connectivity index (χ2v) is 7.10. The van der Waals surface area contributed by atoms with E-state index in [-0.39, 0.29) is 24.3 Å². The maximum atomic E-state index is 12.3. The van der Waals surface area contributed by atoms with E-state index in [1.165, 1.54) is 4.90 Å². The Balaban J connectivity index is 2.22. The van der Waals surface area contributed by atoms with E-state index in [4.69, 9.17) is 21.1 Å². The minimum absolute atomic E-state index is 0.113. The van der Waals surface area contributed by atoms with Crippen molar-refractivity contribution in [3.8, 4) is 5.75 Å². The number of nitrogens with zero attached hydrogens (tertiary/aromatic N) is 1. The minimum Gasteiger partial charge on any atom is -0.495 e. The standard InChI is InChI=1S/C17H22ClNO4/c1-10-12(11-6-7-14(22-5)13(18)8-11)9-15(20)19(10)16(21)23-17(2,3)4/h6-8,10,12H,9H2,1-5H3. The Kier molecular flexibility index (Phi) is 4.90. The largest absolute Gasteiger partial charge is 0.495 e. The summed E-state index contributed by atoms with van der Waals surface area (Å²) in [5, 5.41) is 0.486. The summed E-state index contributed by atoms with van der Waals surface area (Å²) in [6.07, 6.45) is -0.347. The summed E-state index contributed by atoms with van der Waals surface area (Å²) >= 11 is 6.16. The van der Waals surface area contributed by atoms with Gasteiger partial charge in [0.1, 0.15) is 11.4 Å². The van der Waals surface area contributed by atoms with Gasteiger partial charge in [-0.1, -0.05) is 17.7 Å². The second kappa shape index (κ2) is 6.40. The van der Waals surface area contributed by atoms with E-state index in [2.05, 4.69) is 0 Å². The summed E-state index contributed by atoms with van der Waals surface area (Å²) in [5.41, 5.74) is 0.265. The molecule has 2 amide bonds. The van der Waals surface area contributed by atoms with Crippen LogP contribution in [0.3, 0.4) is 0 Å². The van der Waals surface area contributed by atoms with Crippen molar-refractivity contribution in [1.82, 2.24) is 4.90 Å². The Morgan fingerprint density at radius 3 is 2.52 bits per heavy atom. The molecule has 2 atom stereocenters. The van der Waals surface area contributed by atoms with Gasteiger partial charge in [-0.25, -0.2) is 9.69 Å². The lowest BCUT2D eigenvalue weighted by atomic mass is 9.92.